The first-order valence-corrected chi connectivity index (χ1v) is 16.3. The molecule has 0 unspecified atom stereocenters. The van der Waals surface area contributed by atoms with E-state index in [-0.39, 0.29) is 24.6 Å². The second-order valence-corrected chi connectivity index (χ2v) is 13.2. The molecule has 3 saturated heterocycles. The molecular weight excluding hydrogens is 639 g/mol. The summed E-state index contributed by atoms with van der Waals surface area (Å²) < 4.78 is 22.4. The van der Waals surface area contributed by atoms with Crippen LogP contribution in [0.1, 0.15) is 58.4 Å². The van der Waals surface area contributed by atoms with Gasteiger partial charge in [0.15, 0.2) is 5.60 Å². The van der Waals surface area contributed by atoms with Crippen molar-refractivity contribution >= 4 is 37.0 Å². The number of alkyl carbamates (subject to hydrolysis) is 1. The molecule has 2 amide bonds. The Kier molecular flexibility index (Phi) is 12.4. The lowest BCUT2D eigenvalue weighted by molar-refractivity contribution is -0.157. The van der Waals surface area contributed by atoms with Crippen molar-refractivity contribution in [2.75, 3.05) is 32.8 Å². The van der Waals surface area contributed by atoms with Crippen molar-refractivity contribution in [2.45, 2.75) is 88.6 Å². The number of hydrogen-bond acceptors (Lipinski definition) is 11. The van der Waals surface area contributed by atoms with Gasteiger partial charge in [-0.3, -0.25) is 24.1 Å². The molecule has 3 atom stereocenters. The minimum Gasteiger partial charge on any atom is -0.506 e. The molecule has 3 N–H and O–H groups in total. The molecule has 15 nitrogen and oxygen atoms in total. The second kappa shape index (κ2) is 16.3. The number of aliphatic carboxylic acids is 2. The fraction of sp³-hybridized carbons (Fsp3) is 0.576. The van der Waals surface area contributed by atoms with Gasteiger partial charge < -0.3 is 39.2 Å². The first-order valence-electron chi connectivity index (χ1n) is 16.3. The zero-order valence-corrected chi connectivity index (χ0v) is 28.0. The third kappa shape index (κ3) is 10.0. The number of nitriles is 1. The summed E-state index contributed by atoms with van der Waals surface area (Å²) in [7, 11) is -1.52. The second-order valence-electron chi connectivity index (χ2n) is 13.2. The first kappa shape index (κ1) is 37.4. The van der Waals surface area contributed by atoms with Crippen molar-refractivity contribution in [3.05, 3.63) is 47.5 Å². The minimum absolute atomic E-state index is 0.0106. The molecule has 0 aromatic heterocycles. The molecule has 3 fully saturated rings. The smallest absolute Gasteiger partial charge is 0.506 e. The molecule has 1 aromatic rings. The standard InChI is InChI=1S/C33H43BN4O11/c1-22-20-38(13-14-46-22)32(2,3)16-24(19-35)29(43)37-12-8-7-11-25(21-37)47-31(45)36-26(15-23-9-5-4-6-10-23)34-48-30(44)33(49-34,17-27(39)40)18-28(41)42/h4-6,9-10,16,22,25-26H,7-8,11-15,17-18,20-21H2,1-3H3,(H,36,45)(H,39,40)(H,41,42)/b24-16+/t22-,25-,26+/m1/s1. The molecule has 1 aromatic carbocycles. The Balaban J connectivity index is 1.47. The highest BCUT2D eigenvalue weighted by molar-refractivity contribution is 6.51. The Hall–Kier alpha value is -4.46. The lowest BCUT2D eigenvalue weighted by atomic mass is 9.75. The van der Waals surface area contributed by atoms with Gasteiger partial charge in [-0.05, 0) is 58.1 Å². The van der Waals surface area contributed by atoms with Gasteiger partial charge in [0.2, 0.25) is 0 Å². The number of morpholine rings is 1. The van der Waals surface area contributed by atoms with Gasteiger partial charge in [-0.2, -0.15) is 5.26 Å². The summed E-state index contributed by atoms with van der Waals surface area (Å²) >= 11 is 0. The Labute approximate surface area is 285 Å². The Bertz CT molecular complexity index is 1450. The van der Waals surface area contributed by atoms with Crippen molar-refractivity contribution in [1.29, 1.82) is 5.26 Å². The van der Waals surface area contributed by atoms with E-state index >= 15 is 0 Å². The lowest BCUT2D eigenvalue weighted by Gasteiger charge is -2.41. The lowest BCUT2D eigenvalue weighted by Crippen LogP contribution is -2.52. The summed E-state index contributed by atoms with van der Waals surface area (Å²) in [6.07, 6.45) is -0.0695. The maximum atomic E-state index is 13.6. The third-order valence-electron chi connectivity index (χ3n) is 8.83. The molecule has 264 valence electrons. The number of likely N-dealkylation sites (tertiary alicyclic amines) is 1. The third-order valence-corrected chi connectivity index (χ3v) is 8.83. The number of amides is 2. The fourth-order valence-electron chi connectivity index (χ4n) is 6.35. The highest BCUT2D eigenvalue weighted by Gasteiger charge is 2.58. The van der Waals surface area contributed by atoms with Crippen LogP contribution in [0, 0.1) is 11.3 Å². The van der Waals surface area contributed by atoms with E-state index in [9.17, 15) is 39.4 Å². The molecule has 0 saturated carbocycles. The molecule has 0 radical (unpaired) electrons. The molecule has 49 heavy (non-hydrogen) atoms. The Morgan fingerprint density at radius 1 is 1.14 bits per heavy atom. The number of ether oxygens (including phenoxy) is 2. The predicted octanol–water partition coefficient (Wildman–Crippen LogP) is 1.94. The SMILES string of the molecule is C[C@@H]1CN(C(C)(C)/C=C(\C#N)C(=O)N2CCCC[C@@H](OC(=O)N[C@@H](Cc3ccccc3)B3OC(=O)C(CC(=O)O)(CC(=O)O)O3)C2)CCO1. The summed E-state index contributed by atoms with van der Waals surface area (Å²) in [5.74, 6) is -5.65. The van der Waals surface area contributed by atoms with E-state index in [1.54, 1.807) is 36.4 Å². The first-order chi connectivity index (χ1) is 23.2. The molecule has 3 aliphatic rings. The van der Waals surface area contributed by atoms with Crippen LogP contribution in [0.5, 0.6) is 0 Å². The van der Waals surface area contributed by atoms with E-state index in [2.05, 4.69) is 16.3 Å². The van der Waals surface area contributed by atoms with Gasteiger partial charge >= 0.3 is 31.1 Å². The van der Waals surface area contributed by atoms with Crippen LogP contribution in [0.4, 0.5) is 4.79 Å². The average molecular weight is 683 g/mol. The van der Waals surface area contributed by atoms with Crippen LogP contribution < -0.4 is 5.32 Å². The largest absolute Gasteiger partial charge is 0.552 e. The maximum Gasteiger partial charge on any atom is 0.552 e. The quantitative estimate of drug-likeness (QED) is 0.164. The van der Waals surface area contributed by atoms with Gasteiger partial charge in [-0.15, -0.1) is 0 Å². The molecule has 0 spiro atoms. The number of carbonyl (C=O) groups is 5. The van der Waals surface area contributed by atoms with Crippen LogP contribution in [-0.4, -0.2) is 119 Å². The van der Waals surface area contributed by atoms with Gasteiger partial charge in [0.1, 0.15) is 17.7 Å². The minimum atomic E-state index is -2.29. The number of nitrogens with zero attached hydrogens (tertiary/aromatic N) is 3. The van der Waals surface area contributed by atoms with E-state index in [1.807, 2.05) is 20.8 Å². The van der Waals surface area contributed by atoms with Crippen LogP contribution in [0.3, 0.4) is 0 Å². The highest BCUT2D eigenvalue weighted by Crippen LogP contribution is 2.32. The number of carbonyl (C=O) groups excluding carboxylic acids is 3. The monoisotopic (exact) mass is 682 g/mol. The molecule has 3 aliphatic heterocycles. The van der Waals surface area contributed by atoms with Crippen molar-refractivity contribution in [3.8, 4) is 6.07 Å². The van der Waals surface area contributed by atoms with Gasteiger partial charge in [0.25, 0.3) is 5.91 Å². The average Bonchev–Trinajstić information content (AvgIpc) is 3.18. The van der Waals surface area contributed by atoms with Crippen molar-refractivity contribution in [2.24, 2.45) is 0 Å². The molecule has 3 heterocycles. The van der Waals surface area contributed by atoms with Crippen LogP contribution >= 0.6 is 0 Å². The predicted molar refractivity (Wildman–Crippen MR) is 173 cm³/mol. The summed E-state index contributed by atoms with van der Waals surface area (Å²) in [5.41, 5.74) is -2.18. The zero-order chi connectivity index (χ0) is 35.8. The zero-order valence-electron chi connectivity index (χ0n) is 28.0. The number of carboxylic acid groups (broad SMARTS) is 2. The summed E-state index contributed by atoms with van der Waals surface area (Å²) in [6.45, 7) is 8.13. The van der Waals surface area contributed by atoms with Crippen LogP contribution in [0.25, 0.3) is 0 Å². The number of carboxylic acids is 2. The van der Waals surface area contributed by atoms with E-state index in [4.69, 9.17) is 18.8 Å². The maximum absolute atomic E-state index is 13.6. The topological polar surface area (TPSA) is 205 Å². The van der Waals surface area contributed by atoms with E-state index in [1.165, 1.54) is 4.90 Å². The van der Waals surface area contributed by atoms with Crippen molar-refractivity contribution < 1.29 is 53.0 Å². The molecule has 4 rings (SSSR count). The van der Waals surface area contributed by atoms with Crippen LogP contribution in [0.2, 0.25) is 0 Å². The highest BCUT2D eigenvalue weighted by atomic mass is 16.7. The van der Waals surface area contributed by atoms with Crippen molar-refractivity contribution in [3.63, 3.8) is 0 Å². The number of benzene rings is 1. The number of rotatable bonds is 12. The molecule has 16 heteroatoms. The van der Waals surface area contributed by atoms with Gasteiger partial charge in [0, 0.05) is 25.2 Å². The molecule has 0 bridgehead atoms. The number of hydrogen-bond donors (Lipinski definition) is 3. The van der Waals surface area contributed by atoms with Gasteiger partial charge in [0.05, 0.1) is 38.0 Å². The molecular formula is C33H43BN4O11. The van der Waals surface area contributed by atoms with E-state index < -0.39 is 73.1 Å². The van der Waals surface area contributed by atoms with E-state index in [0.717, 1.165) is 0 Å². The number of nitrogens with one attached hydrogen (secondary N) is 1. The molecule has 0 aliphatic carbocycles. The Morgan fingerprint density at radius 2 is 1.84 bits per heavy atom. The van der Waals surface area contributed by atoms with E-state index in [0.29, 0.717) is 51.1 Å². The summed E-state index contributed by atoms with van der Waals surface area (Å²) in [5, 5.41) is 31.4. The Morgan fingerprint density at radius 3 is 2.47 bits per heavy atom. The van der Waals surface area contributed by atoms with Crippen molar-refractivity contribution in [1.82, 2.24) is 15.1 Å². The summed E-state index contributed by atoms with van der Waals surface area (Å²) in [4.78, 5) is 66.6. The van der Waals surface area contributed by atoms with Gasteiger partial charge in [-0.1, -0.05) is 30.3 Å². The van der Waals surface area contributed by atoms with Crippen LogP contribution in [0.15, 0.2) is 42.0 Å². The van der Waals surface area contributed by atoms with Gasteiger partial charge in [-0.25, -0.2) is 4.79 Å². The normalized spacial score (nSPS) is 22.3. The summed E-state index contributed by atoms with van der Waals surface area (Å²) in [6, 6.07) is 10.9. The van der Waals surface area contributed by atoms with Crippen LogP contribution in [-0.2, 0) is 44.4 Å². The fourth-order valence-corrected chi connectivity index (χ4v) is 6.35.